The Labute approximate surface area is 216 Å². The Morgan fingerprint density at radius 2 is 1.70 bits per heavy atom. The zero-order chi connectivity index (χ0) is 28.3. The van der Waals surface area contributed by atoms with Gasteiger partial charge in [0.2, 0.25) is 11.8 Å². The van der Waals surface area contributed by atoms with Crippen LogP contribution in [0.1, 0.15) is 41.5 Å². The lowest BCUT2D eigenvalue weighted by atomic mass is 9.78. The number of hydrogen-bond donors (Lipinski definition) is 6. The van der Waals surface area contributed by atoms with Crippen LogP contribution in [0, 0.1) is 5.92 Å². The minimum Gasteiger partial charge on any atom is -0.460 e. The van der Waals surface area contributed by atoms with Gasteiger partial charge in [-0.2, -0.15) is 0 Å². The lowest BCUT2D eigenvalue weighted by molar-refractivity contribution is -0.356. The lowest BCUT2D eigenvalue weighted by Gasteiger charge is -2.54. The van der Waals surface area contributed by atoms with Crippen molar-refractivity contribution in [1.29, 1.82) is 0 Å². The highest BCUT2D eigenvalue weighted by molar-refractivity contribution is 5.87. The highest BCUT2D eigenvalue weighted by Gasteiger charge is 2.59. The van der Waals surface area contributed by atoms with Gasteiger partial charge in [0.1, 0.15) is 36.6 Å². The van der Waals surface area contributed by atoms with Crippen LogP contribution in [-0.2, 0) is 33.3 Å². The molecule has 0 radical (unpaired) electrons. The fraction of sp³-hybridized carbons (Fsp3) is 0.792. The molecule has 0 spiro atoms. The van der Waals surface area contributed by atoms with E-state index in [1.165, 1.54) is 34.6 Å². The molecule has 0 bridgehead atoms. The molecule has 2 heterocycles. The summed E-state index contributed by atoms with van der Waals surface area (Å²) in [6.45, 7) is 11.4. The van der Waals surface area contributed by atoms with Crippen LogP contribution in [0.4, 0.5) is 0 Å². The average molecular weight is 533 g/mol. The number of amides is 2. The number of rotatable bonds is 9. The molecule has 2 aliphatic heterocycles. The molecule has 6 N–H and O–H groups in total. The third kappa shape index (κ3) is 6.66. The first-order valence-corrected chi connectivity index (χ1v) is 12.1. The molecule has 2 saturated heterocycles. The van der Waals surface area contributed by atoms with Crippen LogP contribution in [-0.4, -0.2) is 112 Å². The van der Waals surface area contributed by atoms with Crippen LogP contribution >= 0.6 is 0 Å². The Balaban J connectivity index is 2.26. The number of hydrogen-bond acceptors (Lipinski definition) is 11. The molecule has 0 aromatic carbocycles. The first-order chi connectivity index (χ1) is 17.1. The molecule has 0 saturated carbocycles. The van der Waals surface area contributed by atoms with E-state index in [1.54, 1.807) is 6.92 Å². The number of nitrogens with one attached hydrogen (secondary N) is 2. The van der Waals surface area contributed by atoms with Gasteiger partial charge in [0.15, 0.2) is 6.29 Å². The molecule has 2 aliphatic rings. The number of ether oxygens (including phenoxy) is 4. The summed E-state index contributed by atoms with van der Waals surface area (Å²) in [5.74, 6) is -2.61. The smallest absolute Gasteiger partial charge is 0.333 e. The number of esters is 1. The van der Waals surface area contributed by atoms with E-state index in [-0.39, 0.29) is 18.7 Å². The second-order valence-corrected chi connectivity index (χ2v) is 10.1. The molecule has 0 aromatic rings. The first-order valence-electron chi connectivity index (χ1n) is 12.1. The van der Waals surface area contributed by atoms with Gasteiger partial charge < -0.3 is 50.0 Å². The van der Waals surface area contributed by atoms with Crippen LogP contribution < -0.4 is 10.6 Å². The number of aliphatic hydroxyl groups is 4. The van der Waals surface area contributed by atoms with E-state index in [4.69, 9.17) is 18.9 Å². The highest BCUT2D eigenvalue weighted by Crippen LogP contribution is 2.40. The van der Waals surface area contributed by atoms with Crippen LogP contribution in [0.3, 0.4) is 0 Å². The molecule has 0 aliphatic carbocycles. The van der Waals surface area contributed by atoms with Crippen LogP contribution in [0.5, 0.6) is 0 Å². The summed E-state index contributed by atoms with van der Waals surface area (Å²) in [6.07, 6.45) is -7.87. The van der Waals surface area contributed by atoms with Crippen molar-refractivity contribution in [2.24, 2.45) is 5.92 Å². The summed E-state index contributed by atoms with van der Waals surface area (Å²) in [7, 11) is 0. The topological polar surface area (TPSA) is 193 Å². The molecule has 13 nitrogen and oxygen atoms in total. The maximum Gasteiger partial charge on any atom is 0.333 e. The van der Waals surface area contributed by atoms with Gasteiger partial charge in [-0.25, -0.2) is 4.79 Å². The predicted octanol–water partition coefficient (Wildman–Crippen LogP) is -1.88. The summed E-state index contributed by atoms with van der Waals surface area (Å²) in [6, 6.07) is -0.946. The van der Waals surface area contributed by atoms with E-state index in [1.807, 2.05) is 0 Å². The second-order valence-electron chi connectivity index (χ2n) is 10.1. The van der Waals surface area contributed by atoms with Crippen molar-refractivity contribution >= 4 is 17.8 Å². The summed E-state index contributed by atoms with van der Waals surface area (Å²) < 4.78 is 22.4. The van der Waals surface area contributed by atoms with Crippen molar-refractivity contribution < 1.29 is 53.8 Å². The number of carbonyl (C=O) groups is 3. The quantitative estimate of drug-likeness (QED) is 0.111. The lowest BCUT2D eigenvalue weighted by Crippen LogP contribution is -2.73. The van der Waals surface area contributed by atoms with Gasteiger partial charge in [0.25, 0.3) is 0 Å². The Hall–Kier alpha value is -2.13. The molecule has 212 valence electrons. The normalized spacial score (nSPS) is 39.9. The van der Waals surface area contributed by atoms with E-state index in [0.717, 1.165) is 0 Å². The zero-order valence-corrected chi connectivity index (χ0v) is 22.1. The van der Waals surface area contributed by atoms with Crippen molar-refractivity contribution in [2.75, 3.05) is 19.8 Å². The number of aliphatic hydroxyl groups excluding tert-OH is 3. The third-order valence-electron chi connectivity index (χ3n) is 7.08. The fourth-order valence-corrected chi connectivity index (χ4v) is 4.57. The van der Waals surface area contributed by atoms with E-state index < -0.39 is 84.4 Å². The maximum atomic E-state index is 12.9. The van der Waals surface area contributed by atoms with Gasteiger partial charge in [-0.3, -0.25) is 9.59 Å². The van der Waals surface area contributed by atoms with Crippen LogP contribution in [0.25, 0.3) is 0 Å². The number of carbonyl (C=O) groups excluding carboxylic acids is 3. The van der Waals surface area contributed by atoms with Gasteiger partial charge in [-0.05, 0) is 27.7 Å². The molecule has 2 amide bonds. The Kier molecular flexibility index (Phi) is 10.2. The second kappa shape index (κ2) is 12.2. The molecule has 2 rings (SSSR count). The van der Waals surface area contributed by atoms with Crippen molar-refractivity contribution in [3.05, 3.63) is 12.2 Å². The van der Waals surface area contributed by atoms with E-state index in [2.05, 4.69) is 17.2 Å². The molecule has 13 heteroatoms. The predicted molar refractivity (Wildman–Crippen MR) is 128 cm³/mol. The fourth-order valence-electron chi connectivity index (χ4n) is 4.57. The van der Waals surface area contributed by atoms with Gasteiger partial charge in [-0.1, -0.05) is 13.5 Å². The van der Waals surface area contributed by atoms with E-state index in [0.29, 0.717) is 0 Å². The molecule has 0 aromatic heterocycles. The van der Waals surface area contributed by atoms with E-state index in [9.17, 15) is 34.8 Å². The Morgan fingerprint density at radius 1 is 1.08 bits per heavy atom. The van der Waals surface area contributed by atoms with Crippen molar-refractivity contribution in [2.45, 2.75) is 95.6 Å². The van der Waals surface area contributed by atoms with Gasteiger partial charge in [0.05, 0.1) is 30.9 Å². The molecular formula is C24H40N2O11. The Bertz CT molecular complexity index is 866. The average Bonchev–Trinajstić information content (AvgIpc) is 2.82. The Morgan fingerprint density at radius 3 is 2.24 bits per heavy atom. The summed E-state index contributed by atoms with van der Waals surface area (Å²) in [5, 5.41) is 47.9. The van der Waals surface area contributed by atoms with Crippen molar-refractivity contribution in [3.8, 4) is 0 Å². The SMILES string of the molecule is C=C(C)C(=O)OCCNC(=O)C1O[C@@H](O[C@]2(C)C(NC(C)=O)[C@H](C)OC(CO)[C@H]2O)C(O)[C@@](C)(O)[C@@H]1C. The molecule has 10 atom stereocenters. The van der Waals surface area contributed by atoms with Gasteiger partial charge in [-0.15, -0.1) is 0 Å². The summed E-state index contributed by atoms with van der Waals surface area (Å²) >= 11 is 0. The zero-order valence-electron chi connectivity index (χ0n) is 22.1. The highest BCUT2D eigenvalue weighted by atomic mass is 16.7. The monoisotopic (exact) mass is 532 g/mol. The molecule has 2 fully saturated rings. The summed E-state index contributed by atoms with van der Waals surface area (Å²) in [4.78, 5) is 36.3. The molecule has 4 unspecified atom stereocenters. The van der Waals surface area contributed by atoms with Crippen molar-refractivity contribution in [1.82, 2.24) is 10.6 Å². The maximum absolute atomic E-state index is 12.9. The minimum atomic E-state index is -1.87. The molecule has 37 heavy (non-hydrogen) atoms. The van der Waals surface area contributed by atoms with Crippen LogP contribution in [0.2, 0.25) is 0 Å². The first kappa shape index (κ1) is 31.1. The van der Waals surface area contributed by atoms with Crippen LogP contribution in [0.15, 0.2) is 12.2 Å². The largest absolute Gasteiger partial charge is 0.460 e. The van der Waals surface area contributed by atoms with Crippen molar-refractivity contribution in [3.63, 3.8) is 0 Å². The third-order valence-corrected chi connectivity index (χ3v) is 7.08. The van der Waals surface area contributed by atoms with Gasteiger partial charge >= 0.3 is 5.97 Å². The van der Waals surface area contributed by atoms with E-state index >= 15 is 0 Å². The standard InChI is InChI=1S/C24H40N2O11/c1-11(2)21(32)34-9-8-25-20(31)16-12(3)23(6,33)19(30)22(36-16)37-24(7)17(26-14(5)28)13(4)35-15(10-27)18(24)29/h12-13,15-19,22,27,29-30,33H,1,8-10H2,2-7H3,(H,25,31)(H,26,28)/t12-,13+,15?,16?,17?,18-,19?,22+,23+,24-/m1/s1. The van der Waals surface area contributed by atoms with Gasteiger partial charge in [0, 0.05) is 18.4 Å². The minimum absolute atomic E-state index is 0.0469. The molecular weight excluding hydrogens is 492 g/mol. The summed E-state index contributed by atoms with van der Waals surface area (Å²) in [5.41, 5.74) is -3.33.